The normalized spacial score (nSPS) is 27.8. The highest BCUT2D eigenvalue weighted by atomic mass is 16.5. The molecule has 2 rings (SSSR count). The highest BCUT2D eigenvalue weighted by Gasteiger charge is 2.27. The van der Waals surface area contributed by atoms with Crippen molar-refractivity contribution in [2.45, 2.75) is 72.0 Å². The SMILES string of the molecule is CC1=C(C/C=C(\C)C(O)C#CC2(C)C=COCCO2)C(C)(C)CCC1. The zero-order valence-electron chi connectivity index (χ0n) is 16.3. The Kier molecular flexibility index (Phi) is 6.54. The first-order chi connectivity index (χ1) is 11.7. The van der Waals surface area contributed by atoms with Crippen molar-refractivity contribution < 1.29 is 14.6 Å². The molecule has 0 aromatic carbocycles. The standard InChI is InChI=1S/C22H32O3/c1-17-7-6-11-21(3,4)19(17)9-8-18(2)20(23)10-12-22(5)13-14-24-15-16-25-22/h8,13-14,20,23H,6-7,9,11,15-16H2,1-5H3/b18-8+. The van der Waals surface area contributed by atoms with E-state index in [-0.39, 0.29) is 5.41 Å². The lowest BCUT2D eigenvalue weighted by molar-refractivity contribution is 0.0352. The van der Waals surface area contributed by atoms with Gasteiger partial charge in [-0.15, -0.1) is 0 Å². The minimum absolute atomic E-state index is 0.252. The van der Waals surface area contributed by atoms with Crippen LogP contribution in [0.3, 0.4) is 0 Å². The molecule has 25 heavy (non-hydrogen) atoms. The zero-order chi connectivity index (χ0) is 18.5. The van der Waals surface area contributed by atoms with Crippen molar-refractivity contribution in [2.24, 2.45) is 5.41 Å². The fourth-order valence-electron chi connectivity index (χ4n) is 3.50. The van der Waals surface area contributed by atoms with Crippen molar-refractivity contribution in [3.05, 3.63) is 35.1 Å². The third kappa shape index (κ3) is 5.49. The Bertz CT molecular complexity index is 627. The molecule has 138 valence electrons. The van der Waals surface area contributed by atoms with E-state index in [1.807, 2.05) is 13.8 Å². The molecule has 2 aliphatic rings. The van der Waals surface area contributed by atoms with Crippen LogP contribution in [0.2, 0.25) is 0 Å². The van der Waals surface area contributed by atoms with Gasteiger partial charge in [-0.3, -0.25) is 0 Å². The summed E-state index contributed by atoms with van der Waals surface area (Å²) in [5.74, 6) is 5.97. The number of allylic oxidation sites excluding steroid dienone is 3. The summed E-state index contributed by atoms with van der Waals surface area (Å²) >= 11 is 0. The second-order valence-electron chi connectivity index (χ2n) is 7.95. The molecule has 1 aliphatic heterocycles. The van der Waals surface area contributed by atoms with Gasteiger partial charge < -0.3 is 14.6 Å². The lowest BCUT2D eigenvalue weighted by atomic mass is 9.71. The minimum atomic E-state index is -0.773. The van der Waals surface area contributed by atoms with Crippen molar-refractivity contribution in [1.82, 2.24) is 0 Å². The number of aliphatic hydroxyl groups is 1. The topological polar surface area (TPSA) is 38.7 Å². The Hall–Kier alpha value is -1.50. The van der Waals surface area contributed by atoms with E-state index in [9.17, 15) is 5.11 Å². The van der Waals surface area contributed by atoms with Crippen LogP contribution in [0.1, 0.15) is 60.3 Å². The van der Waals surface area contributed by atoms with Gasteiger partial charge in [0.05, 0.1) is 12.9 Å². The smallest absolute Gasteiger partial charge is 0.147 e. The van der Waals surface area contributed by atoms with Gasteiger partial charge in [0.1, 0.15) is 18.3 Å². The molecule has 0 saturated carbocycles. The monoisotopic (exact) mass is 344 g/mol. The van der Waals surface area contributed by atoms with Gasteiger partial charge in [-0.25, -0.2) is 0 Å². The van der Waals surface area contributed by atoms with Gasteiger partial charge in [-0.2, -0.15) is 0 Å². The number of aliphatic hydroxyl groups excluding tert-OH is 1. The van der Waals surface area contributed by atoms with E-state index in [4.69, 9.17) is 9.47 Å². The molecule has 2 atom stereocenters. The molecular formula is C22H32O3. The first kappa shape index (κ1) is 19.8. The molecule has 3 heteroatoms. The molecule has 3 nitrogen and oxygen atoms in total. The summed E-state index contributed by atoms with van der Waals surface area (Å²) in [5.41, 5.74) is 3.46. The number of hydrogen-bond acceptors (Lipinski definition) is 3. The lowest BCUT2D eigenvalue weighted by Gasteiger charge is -2.34. The number of rotatable bonds is 3. The molecule has 0 spiro atoms. The van der Waals surface area contributed by atoms with Crippen LogP contribution in [0.5, 0.6) is 0 Å². The third-order valence-electron chi connectivity index (χ3n) is 5.29. The highest BCUT2D eigenvalue weighted by Crippen LogP contribution is 2.42. The van der Waals surface area contributed by atoms with Crippen LogP contribution < -0.4 is 0 Å². The molecular weight excluding hydrogens is 312 g/mol. The van der Waals surface area contributed by atoms with E-state index in [1.54, 1.807) is 12.3 Å². The Morgan fingerprint density at radius 1 is 1.36 bits per heavy atom. The van der Waals surface area contributed by atoms with Crippen molar-refractivity contribution >= 4 is 0 Å². The Morgan fingerprint density at radius 2 is 2.12 bits per heavy atom. The van der Waals surface area contributed by atoms with Crippen LogP contribution >= 0.6 is 0 Å². The maximum atomic E-state index is 10.4. The van der Waals surface area contributed by atoms with Gasteiger partial charge >= 0.3 is 0 Å². The van der Waals surface area contributed by atoms with Crippen molar-refractivity contribution in [3.63, 3.8) is 0 Å². The molecule has 0 fully saturated rings. The van der Waals surface area contributed by atoms with E-state index >= 15 is 0 Å². The Morgan fingerprint density at radius 3 is 2.84 bits per heavy atom. The van der Waals surface area contributed by atoms with Crippen LogP contribution in [-0.2, 0) is 9.47 Å². The van der Waals surface area contributed by atoms with E-state index in [0.717, 1.165) is 12.0 Å². The second-order valence-corrected chi connectivity index (χ2v) is 7.95. The summed E-state index contributed by atoms with van der Waals surface area (Å²) in [7, 11) is 0. The van der Waals surface area contributed by atoms with Crippen LogP contribution in [0.25, 0.3) is 0 Å². The van der Waals surface area contributed by atoms with Crippen molar-refractivity contribution in [1.29, 1.82) is 0 Å². The van der Waals surface area contributed by atoms with Gasteiger partial charge in [0.2, 0.25) is 0 Å². The fourth-order valence-corrected chi connectivity index (χ4v) is 3.50. The average Bonchev–Trinajstić information content (AvgIpc) is 2.76. The summed E-state index contributed by atoms with van der Waals surface area (Å²) in [4.78, 5) is 0. The maximum absolute atomic E-state index is 10.4. The Balaban J connectivity index is 2.06. The summed E-state index contributed by atoms with van der Waals surface area (Å²) in [5, 5.41) is 10.4. The van der Waals surface area contributed by atoms with Gasteiger partial charge in [0, 0.05) is 0 Å². The lowest BCUT2D eigenvalue weighted by Crippen LogP contribution is -2.24. The van der Waals surface area contributed by atoms with Crippen LogP contribution in [-0.4, -0.2) is 30.0 Å². The predicted molar refractivity (Wildman–Crippen MR) is 102 cm³/mol. The largest absolute Gasteiger partial charge is 0.499 e. The van der Waals surface area contributed by atoms with Crippen LogP contribution in [0.15, 0.2) is 35.1 Å². The van der Waals surface area contributed by atoms with Crippen molar-refractivity contribution in [3.8, 4) is 11.8 Å². The molecule has 1 N–H and O–H groups in total. The molecule has 0 bridgehead atoms. The summed E-state index contributed by atoms with van der Waals surface area (Å²) in [6, 6.07) is 0. The zero-order valence-corrected chi connectivity index (χ0v) is 16.3. The summed E-state index contributed by atoms with van der Waals surface area (Å²) < 4.78 is 10.9. The predicted octanol–water partition coefficient (Wildman–Crippen LogP) is 4.53. The highest BCUT2D eigenvalue weighted by molar-refractivity contribution is 5.30. The van der Waals surface area contributed by atoms with Gasteiger partial charge in [-0.05, 0) is 63.5 Å². The molecule has 0 aromatic heterocycles. The molecule has 1 heterocycles. The quantitative estimate of drug-likeness (QED) is 0.604. The molecule has 0 amide bonds. The number of ether oxygens (including phenoxy) is 2. The van der Waals surface area contributed by atoms with Gasteiger partial charge in [-0.1, -0.05) is 42.9 Å². The first-order valence-corrected chi connectivity index (χ1v) is 9.23. The second kappa shape index (κ2) is 8.25. The molecule has 2 unspecified atom stereocenters. The first-order valence-electron chi connectivity index (χ1n) is 9.23. The number of hydrogen-bond donors (Lipinski definition) is 1. The van der Waals surface area contributed by atoms with Gasteiger partial charge in [0.25, 0.3) is 0 Å². The maximum Gasteiger partial charge on any atom is 0.147 e. The van der Waals surface area contributed by atoms with E-state index in [1.165, 1.54) is 30.4 Å². The minimum Gasteiger partial charge on any atom is -0.499 e. The molecule has 0 saturated heterocycles. The van der Waals surface area contributed by atoms with Crippen LogP contribution in [0, 0.1) is 17.3 Å². The van der Waals surface area contributed by atoms with Crippen molar-refractivity contribution in [2.75, 3.05) is 13.2 Å². The van der Waals surface area contributed by atoms with E-state index < -0.39 is 11.7 Å². The Labute approximate surface area is 152 Å². The van der Waals surface area contributed by atoms with Crippen LogP contribution in [0.4, 0.5) is 0 Å². The average molecular weight is 344 g/mol. The van der Waals surface area contributed by atoms with E-state index in [0.29, 0.717) is 13.2 Å². The molecule has 1 aliphatic carbocycles. The third-order valence-corrected chi connectivity index (χ3v) is 5.29. The summed E-state index contributed by atoms with van der Waals surface area (Å²) in [6.45, 7) is 11.7. The molecule has 0 radical (unpaired) electrons. The molecule has 0 aromatic rings. The van der Waals surface area contributed by atoms with E-state index in [2.05, 4.69) is 38.7 Å². The fraction of sp³-hybridized carbons (Fsp3) is 0.636. The van der Waals surface area contributed by atoms with Gasteiger partial charge in [0.15, 0.2) is 0 Å². The summed E-state index contributed by atoms with van der Waals surface area (Å²) in [6.07, 6.45) is 9.36.